The summed E-state index contributed by atoms with van der Waals surface area (Å²) in [4.78, 5) is 31.4. The van der Waals surface area contributed by atoms with E-state index < -0.39 is 5.91 Å². The van der Waals surface area contributed by atoms with E-state index in [1.165, 1.54) is 5.01 Å². The second-order valence-corrected chi connectivity index (χ2v) is 9.81. The molecule has 1 aromatic heterocycles. The molecule has 0 bridgehead atoms. The first kappa shape index (κ1) is 25.0. The topological polar surface area (TPSA) is 113 Å². The van der Waals surface area contributed by atoms with Crippen LogP contribution in [0.2, 0.25) is 0 Å². The van der Waals surface area contributed by atoms with Gasteiger partial charge in [0.1, 0.15) is 10.8 Å². The van der Waals surface area contributed by atoms with Gasteiger partial charge < -0.3 is 18.9 Å². The van der Waals surface area contributed by atoms with Gasteiger partial charge in [0, 0.05) is 30.2 Å². The lowest BCUT2D eigenvalue weighted by Crippen LogP contribution is -2.41. The summed E-state index contributed by atoms with van der Waals surface area (Å²) in [5.41, 5.74) is 3.87. The number of hydrogen-bond donors (Lipinski definition) is 1. The molecule has 3 aliphatic heterocycles. The van der Waals surface area contributed by atoms with Crippen LogP contribution in [0.25, 0.3) is 11.8 Å². The van der Waals surface area contributed by atoms with Crippen LogP contribution in [0.15, 0.2) is 46.0 Å². The highest BCUT2D eigenvalue weighted by molar-refractivity contribution is 8.27. The standard InChI is InChI=1S/C26H28N6O4S/c1-4-36-20-7-5-19(6-8-20)31-16(2)13-18(17(31)3)14-21-24(27)32-26(28-25(21)34)37-22(29-32)15-23(33)30-9-11-35-12-10-30/h5-8,13-14,27H,4,9-12,15H2,1-3H3/b21-14-,27-24?. The summed E-state index contributed by atoms with van der Waals surface area (Å²) in [6.07, 6.45) is 1.79. The van der Waals surface area contributed by atoms with Crippen LogP contribution >= 0.6 is 11.8 Å². The van der Waals surface area contributed by atoms with E-state index in [0.29, 0.717) is 43.1 Å². The number of hydrogen-bond acceptors (Lipinski definition) is 7. The van der Waals surface area contributed by atoms with Crippen molar-refractivity contribution in [2.75, 3.05) is 32.9 Å². The number of nitrogens with one attached hydrogen (secondary N) is 1. The van der Waals surface area contributed by atoms with Gasteiger partial charge in [0.15, 0.2) is 5.84 Å². The smallest absolute Gasteiger partial charge is 0.283 e. The van der Waals surface area contributed by atoms with E-state index in [0.717, 1.165) is 40.2 Å². The van der Waals surface area contributed by atoms with E-state index in [4.69, 9.17) is 14.9 Å². The van der Waals surface area contributed by atoms with Gasteiger partial charge in [-0.1, -0.05) is 0 Å². The molecule has 11 heteroatoms. The second-order valence-electron chi connectivity index (χ2n) is 8.77. The SMILES string of the molecule is CCOc1ccc(-n2c(C)cc(/C=C3/C(=N)N4N=C(CC(=O)N5CCOCC5)SC4=NC3=O)c2C)cc1. The number of carbonyl (C=O) groups is 2. The minimum Gasteiger partial charge on any atom is -0.494 e. The van der Waals surface area contributed by atoms with Gasteiger partial charge in [-0.25, -0.2) is 0 Å². The molecule has 0 spiro atoms. The number of hydrazone groups is 1. The monoisotopic (exact) mass is 520 g/mol. The van der Waals surface area contributed by atoms with Gasteiger partial charge in [-0.3, -0.25) is 15.0 Å². The summed E-state index contributed by atoms with van der Waals surface area (Å²) in [5, 5.41) is 15.3. The Kier molecular flexibility index (Phi) is 6.98. The average molecular weight is 521 g/mol. The van der Waals surface area contributed by atoms with Crippen LogP contribution in [0, 0.1) is 19.3 Å². The molecule has 1 saturated heterocycles. The maximum atomic E-state index is 12.9. The second kappa shape index (κ2) is 10.3. The molecule has 37 heavy (non-hydrogen) atoms. The first-order valence-corrected chi connectivity index (χ1v) is 12.9. The number of benzene rings is 1. The molecule has 1 aromatic carbocycles. The minimum absolute atomic E-state index is 0.0506. The Hall–Kier alpha value is -3.70. The number of nitrogens with zero attached hydrogens (tertiary/aromatic N) is 5. The van der Waals surface area contributed by atoms with Crippen LogP contribution in [0.1, 0.15) is 30.3 Å². The molecule has 10 nitrogen and oxygen atoms in total. The first-order valence-electron chi connectivity index (χ1n) is 12.1. The van der Waals surface area contributed by atoms with E-state index in [1.807, 2.05) is 51.1 Å². The van der Waals surface area contributed by atoms with Crippen molar-refractivity contribution in [2.45, 2.75) is 27.2 Å². The van der Waals surface area contributed by atoms with E-state index in [1.54, 1.807) is 11.0 Å². The quantitative estimate of drug-likeness (QED) is 0.585. The first-order chi connectivity index (χ1) is 17.9. The fourth-order valence-corrected chi connectivity index (χ4v) is 5.38. The third kappa shape index (κ3) is 4.96. The molecule has 1 fully saturated rings. The predicted octanol–water partition coefficient (Wildman–Crippen LogP) is 3.36. The normalized spacial score (nSPS) is 18.7. The summed E-state index contributed by atoms with van der Waals surface area (Å²) < 4.78 is 12.9. The van der Waals surface area contributed by atoms with Crippen LogP contribution in [0.4, 0.5) is 0 Å². The number of aliphatic imine (C=N–C) groups is 1. The van der Waals surface area contributed by atoms with Crippen molar-refractivity contribution < 1.29 is 19.1 Å². The number of morpholine rings is 1. The largest absolute Gasteiger partial charge is 0.494 e. The number of ether oxygens (including phenoxy) is 2. The number of thioether (sulfide) groups is 1. The summed E-state index contributed by atoms with van der Waals surface area (Å²) in [5.74, 6) is 0.208. The molecule has 5 rings (SSSR count). The lowest BCUT2D eigenvalue weighted by molar-refractivity contribution is -0.133. The number of fused-ring (bicyclic) bond motifs is 1. The zero-order valence-corrected chi connectivity index (χ0v) is 21.8. The van der Waals surface area contributed by atoms with Crippen LogP contribution in [0.5, 0.6) is 5.75 Å². The highest BCUT2D eigenvalue weighted by Crippen LogP contribution is 2.31. The molecule has 0 atom stereocenters. The minimum atomic E-state index is -0.495. The van der Waals surface area contributed by atoms with Gasteiger partial charge in [0.2, 0.25) is 11.1 Å². The molecule has 0 radical (unpaired) electrons. The van der Waals surface area contributed by atoms with Gasteiger partial charge in [0.25, 0.3) is 5.91 Å². The van der Waals surface area contributed by atoms with Gasteiger partial charge in [-0.15, -0.1) is 0 Å². The third-order valence-corrected chi connectivity index (χ3v) is 7.25. The molecule has 3 aliphatic rings. The van der Waals surface area contributed by atoms with Crippen LogP contribution in [-0.2, 0) is 14.3 Å². The van der Waals surface area contributed by atoms with Crippen molar-refractivity contribution in [3.63, 3.8) is 0 Å². The number of amidine groups is 2. The number of rotatable bonds is 6. The van der Waals surface area contributed by atoms with Crippen molar-refractivity contribution >= 4 is 45.7 Å². The third-order valence-electron chi connectivity index (χ3n) is 6.34. The molecule has 0 unspecified atom stereocenters. The van der Waals surface area contributed by atoms with Crippen molar-refractivity contribution in [3.8, 4) is 11.4 Å². The van der Waals surface area contributed by atoms with Crippen LogP contribution in [0.3, 0.4) is 0 Å². The zero-order valence-electron chi connectivity index (χ0n) is 21.0. The van der Waals surface area contributed by atoms with Crippen molar-refractivity contribution in [1.29, 1.82) is 5.41 Å². The summed E-state index contributed by atoms with van der Waals surface area (Å²) >= 11 is 1.16. The Morgan fingerprint density at radius 3 is 2.65 bits per heavy atom. The Morgan fingerprint density at radius 1 is 1.22 bits per heavy atom. The molecule has 192 valence electrons. The molecule has 0 aliphatic carbocycles. The molecular formula is C26H28N6O4S. The van der Waals surface area contributed by atoms with Crippen molar-refractivity contribution in [1.82, 2.24) is 14.5 Å². The predicted molar refractivity (Wildman–Crippen MR) is 143 cm³/mol. The lowest BCUT2D eigenvalue weighted by Gasteiger charge is -2.26. The lowest BCUT2D eigenvalue weighted by atomic mass is 10.1. The highest BCUT2D eigenvalue weighted by Gasteiger charge is 2.36. The molecular weight excluding hydrogens is 492 g/mol. The molecule has 2 aromatic rings. The van der Waals surface area contributed by atoms with E-state index in [2.05, 4.69) is 14.7 Å². The van der Waals surface area contributed by atoms with Gasteiger partial charge in [-0.2, -0.15) is 15.1 Å². The van der Waals surface area contributed by atoms with Crippen molar-refractivity contribution in [2.24, 2.45) is 10.1 Å². The fraction of sp³-hybridized carbons (Fsp3) is 0.346. The van der Waals surface area contributed by atoms with Crippen molar-refractivity contribution in [3.05, 3.63) is 52.9 Å². The van der Waals surface area contributed by atoms with Gasteiger partial charge >= 0.3 is 0 Å². The van der Waals surface area contributed by atoms with E-state index >= 15 is 0 Å². The molecule has 2 amide bonds. The van der Waals surface area contributed by atoms with E-state index in [-0.39, 0.29) is 23.7 Å². The fourth-order valence-electron chi connectivity index (χ4n) is 4.50. The molecule has 0 saturated carbocycles. The number of amides is 2. The zero-order chi connectivity index (χ0) is 26.1. The number of carbonyl (C=O) groups excluding carboxylic acids is 2. The Morgan fingerprint density at radius 2 is 1.95 bits per heavy atom. The average Bonchev–Trinajstić information content (AvgIpc) is 3.42. The maximum Gasteiger partial charge on any atom is 0.283 e. The number of aryl methyl sites for hydroxylation is 1. The Bertz CT molecular complexity index is 1350. The van der Waals surface area contributed by atoms with Gasteiger partial charge in [-0.05, 0) is 74.5 Å². The molecule has 4 heterocycles. The summed E-state index contributed by atoms with van der Waals surface area (Å²) in [6.45, 7) is 8.68. The van der Waals surface area contributed by atoms with Crippen LogP contribution in [-0.4, -0.2) is 75.2 Å². The molecule has 1 N–H and O–H groups in total. The Balaban J connectivity index is 1.37. The Labute approximate surface area is 219 Å². The number of aromatic nitrogens is 1. The maximum absolute atomic E-state index is 12.9. The van der Waals surface area contributed by atoms with Gasteiger partial charge in [0.05, 0.1) is 31.8 Å². The summed E-state index contributed by atoms with van der Waals surface area (Å²) in [7, 11) is 0. The van der Waals surface area contributed by atoms with Crippen LogP contribution < -0.4 is 4.74 Å². The van der Waals surface area contributed by atoms with E-state index in [9.17, 15) is 9.59 Å². The highest BCUT2D eigenvalue weighted by atomic mass is 32.2. The summed E-state index contributed by atoms with van der Waals surface area (Å²) in [6, 6.07) is 9.81.